The van der Waals surface area contributed by atoms with E-state index in [1.165, 1.54) is 17.6 Å². The standard InChI is InChI=1S/C6H7NO2S/c1-9-6-3-2-5(10-6)4-7-8/h2-4,8H,1H3/b7-4+. The predicted octanol–water partition coefficient (Wildman–Crippen LogP) is 1.56. The Labute approximate surface area is 62.6 Å². The van der Waals surface area contributed by atoms with E-state index in [2.05, 4.69) is 5.16 Å². The fourth-order valence-corrected chi connectivity index (χ4v) is 1.26. The van der Waals surface area contributed by atoms with Gasteiger partial charge in [-0.2, -0.15) is 0 Å². The Hall–Kier alpha value is -1.03. The van der Waals surface area contributed by atoms with Gasteiger partial charge in [-0.05, 0) is 12.1 Å². The van der Waals surface area contributed by atoms with Crippen LogP contribution in [0.25, 0.3) is 0 Å². The molecule has 0 saturated carbocycles. The maximum atomic E-state index is 8.14. The highest BCUT2D eigenvalue weighted by Crippen LogP contribution is 2.21. The number of thiophene rings is 1. The summed E-state index contributed by atoms with van der Waals surface area (Å²) in [6.07, 6.45) is 1.37. The third kappa shape index (κ3) is 1.48. The number of ether oxygens (including phenoxy) is 1. The Morgan fingerprint density at radius 3 is 3.00 bits per heavy atom. The smallest absolute Gasteiger partial charge is 0.173 e. The molecular weight excluding hydrogens is 150 g/mol. The van der Waals surface area contributed by atoms with Crippen molar-refractivity contribution in [2.24, 2.45) is 5.16 Å². The van der Waals surface area contributed by atoms with Crippen LogP contribution >= 0.6 is 11.3 Å². The molecule has 0 atom stereocenters. The van der Waals surface area contributed by atoms with Gasteiger partial charge in [-0.15, -0.1) is 0 Å². The number of methoxy groups -OCH3 is 1. The molecule has 0 radical (unpaired) electrons. The van der Waals surface area contributed by atoms with E-state index in [-0.39, 0.29) is 0 Å². The summed E-state index contributed by atoms with van der Waals surface area (Å²) in [5.41, 5.74) is 0. The summed E-state index contributed by atoms with van der Waals surface area (Å²) in [5, 5.41) is 11.8. The van der Waals surface area contributed by atoms with Gasteiger partial charge in [-0.1, -0.05) is 16.5 Å². The van der Waals surface area contributed by atoms with Crippen molar-refractivity contribution >= 4 is 17.6 Å². The van der Waals surface area contributed by atoms with Crippen molar-refractivity contribution in [3.05, 3.63) is 17.0 Å². The summed E-state index contributed by atoms with van der Waals surface area (Å²) in [6, 6.07) is 3.64. The maximum Gasteiger partial charge on any atom is 0.173 e. The van der Waals surface area contributed by atoms with E-state index < -0.39 is 0 Å². The number of rotatable bonds is 2. The minimum absolute atomic E-state index is 0.815. The third-order valence-electron chi connectivity index (χ3n) is 0.988. The zero-order valence-corrected chi connectivity index (χ0v) is 6.26. The first-order chi connectivity index (χ1) is 4.86. The van der Waals surface area contributed by atoms with Gasteiger partial charge in [0.15, 0.2) is 5.06 Å². The molecule has 0 aliphatic heterocycles. The van der Waals surface area contributed by atoms with E-state index in [0.717, 1.165) is 9.94 Å². The van der Waals surface area contributed by atoms with Crippen LogP contribution in [-0.4, -0.2) is 18.5 Å². The Balaban J connectivity index is 2.78. The second-order valence-corrected chi connectivity index (χ2v) is 2.68. The van der Waals surface area contributed by atoms with Crippen LogP contribution < -0.4 is 4.74 Å². The lowest BCUT2D eigenvalue weighted by atomic mass is 10.5. The van der Waals surface area contributed by atoms with Crippen LogP contribution in [0.5, 0.6) is 5.06 Å². The minimum atomic E-state index is 0.815. The van der Waals surface area contributed by atoms with Gasteiger partial charge in [-0.3, -0.25) is 0 Å². The lowest BCUT2D eigenvalue weighted by molar-refractivity contribution is 0.322. The largest absolute Gasteiger partial charge is 0.487 e. The van der Waals surface area contributed by atoms with E-state index in [9.17, 15) is 0 Å². The lowest BCUT2D eigenvalue weighted by Gasteiger charge is -1.87. The summed E-state index contributed by atoms with van der Waals surface area (Å²) in [6.45, 7) is 0. The molecule has 1 rings (SSSR count). The van der Waals surface area contributed by atoms with E-state index in [4.69, 9.17) is 9.94 Å². The van der Waals surface area contributed by atoms with Gasteiger partial charge in [0.25, 0.3) is 0 Å². The van der Waals surface area contributed by atoms with Crippen LogP contribution in [0.4, 0.5) is 0 Å². The molecule has 0 bridgehead atoms. The van der Waals surface area contributed by atoms with Crippen LogP contribution in [0.3, 0.4) is 0 Å². The first kappa shape index (κ1) is 7.08. The van der Waals surface area contributed by atoms with Crippen LogP contribution in [0.15, 0.2) is 17.3 Å². The van der Waals surface area contributed by atoms with Crippen LogP contribution in [-0.2, 0) is 0 Å². The molecule has 1 aromatic rings. The second-order valence-electron chi connectivity index (χ2n) is 1.61. The van der Waals surface area contributed by atoms with Crippen LogP contribution in [0, 0.1) is 0 Å². The van der Waals surface area contributed by atoms with Crippen molar-refractivity contribution in [1.29, 1.82) is 0 Å². The fourth-order valence-electron chi connectivity index (χ4n) is 0.570. The first-order valence-corrected chi connectivity index (χ1v) is 3.49. The summed E-state index contributed by atoms with van der Waals surface area (Å²) in [4.78, 5) is 0.874. The molecule has 0 amide bonds. The van der Waals surface area contributed by atoms with Crippen molar-refractivity contribution < 1.29 is 9.94 Å². The van der Waals surface area contributed by atoms with E-state index in [1.807, 2.05) is 12.1 Å². The quantitative estimate of drug-likeness (QED) is 0.402. The zero-order chi connectivity index (χ0) is 7.40. The SMILES string of the molecule is COc1ccc(/C=N/O)s1. The minimum Gasteiger partial charge on any atom is -0.487 e. The highest BCUT2D eigenvalue weighted by molar-refractivity contribution is 7.15. The fraction of sp³-hybridized carbons (Fsp3) is 0.167. The average Bonchev–Trinajstić information content (AvgIpc) is 2.37. The predicted molar refractivity (Wildman–Crippen MR) is 40.3 cm³/mol. The van der Waals surface area contributed by atoms with Crippen molar-refractivity contribution in [3.8, 4) is 5.06 Å². The molecule has 4 heteroatoms. The van der Waals surface area contributed by atoms with Crippen molar-refractivity contribution in [1.82, 2.24) is 0 Å². The molecule has 1 heterocycles. The molecular formula is C6H7NO2S. The summed E-state index contributed by atoms with van der Waals surface area (Å²) >= 11 is 1.43. The summed E-state index contributed by atoms with van der Waals surface area (Å²) < 4.78 is 4.92. The molecule has 0 saturated heterocycles. The molecule has 0 aromatic carbocycles. The summed E-state index contributed by atoms with van der Waals surface area (Å²) in [5.74, 6) is 0. The molecule has 1 N–H and O–H groups in total. The van der Waals surface area contributed by atoms with Gasteiger partial charge >= 0.3 is 0 Å². The van der Waals surface area contributed by atoms with Crippen molar-refractivity contribution in [2.75, 3.05) is 7.11 Å². The molecule has 0 fully saturated rings. The van der Waals surface area contributed by atoms with E-state index in [1.54, 1.807) is 7.11 Å². The Bertz CT molecular complexity index is 231. The van der Waals surface area contributed by atoms with Crippen LogP contribution in [0.2, 0.25) is 0 Å². The zero-order valence-electron chi connectivity index (χ0n) is 5.44. The third-order valence-corrected chi connectivity index (χ3v) is 1.97. The molecule has 0 unspecified atom stereocenters. The topological polar surface area (TPSA) is 41.8 Å². The highest BCUT2D eigenvalue weighted by atomic mass is 32.1. The number of hydrogen-bond donors (Lipinski definition) is 1. The Kier molecular flexibility index (Phi) is 2.28. The molecule has 0 spiro atoms. The van der Waals surface area contributed by atoms with Gasteiger partial charge in [0.05, 0.1) is 18.2 Å². The highest BCUT2D eigenvalue weighted by Gasteiger charge is 1.94. The van der Waals surface area contributed by atoms with Gasteiger partial charge in [-0.25, -0.2) is 0 Å². The van der Waals surface area contributed by atoms with E-state index >= 15 is 0 Å². The first-order valence-electron chi connectivity index (χ1n) is 2.68. The molecule has 10 heavy (non-hydrogen) atoms. The molecule has 54 valence electrons. The van der Waals surface area contributed by atoms with Gasteiger partial charge in [0, 0.05) is 0 Å². The maximum absolute atomic E-state index is 8.14. The summed E-state index contributed by atoms with van der Waals surface area (Å²) in [7, 11) is 1.60. The van der Waals surface area contributed by atoms with Gasteiger partial charge < -0.3 is 9.94 Å². The molecule has 1 aromatic heterocycles. The van der Waals surface area contributed by atoms with Crippen LogP contribution in [0.1, 0.15) is 4.88 Å². The normalized spacial score (nSPS) is 10.5. The van der Waals surface area contributed by atoms with Crippen molar-refractivity contribution in [2.45, 2.75) is 0 Å². The molecule has 0 aliphatic rings. The van der Waals surface area contributed by atoms with Gasteiger partial charge in [0.2, 0.25) is 0 Å². The van der Waals surface area contributed by atoms with Gasteiger partial charge in [0.1, 0.15) is 0 Å². The molecule has 0 aliphatic carbocycles. The number of hydrogen-bond acceptors (Lipinski definition) is 4. The Morgan fingerprint density at radius 1 is 1.70 bits per heavy atom. The average molecular weight is 157 g/mol. The second kappa shape index (κ2) is 3.22. The lowest BCUT2D eigenvalue weighted by Crippen LogP contribution is -1.73. The molecule has 3 nitrogen and oxygen atoms in total. The number of oxime groups is 1. The van der Waals surface area contributed by atoms with E-state index in [0.29, 0.717) is 0 Å². The monoisotopic (exact) mass is 157 g/mol. The van der Waals surface area contributed by atoms with Crippen molar-refractivity contribution in [3.63, 3.8) is 0 Å². The number of nitrogens with zero attached hydrogens (tertiary/aromatic N) is 1. The Morgan fingerprint density at radius 2 is 2.50 bits per heavy atom.